The van der Waals surface area contributed by atoms with Crippen molar-refractivity contribution in [2.75, 3.05) is 13.1 Å². The Kier molecular flexibility index (Phi) is 4.73. The number of rotatable bonds is 6. The average Bonchev–Trinajstić information content (AvgIpc) is 3.14. The molecule has 0 unspecified atom stereocenters. The first-order chi connectivity index (χ1) is 12.1. The Hall–Kier alpha value is -3.23. The number of aromatic nitrogens is 3. The zero-order valence-corrected chi connectivity index (χ0v) is 13.6. The van der Waals surface area contributed by atoms with Crippen molar-refractivity contribution >= 4 is 17.9 Å². The summed E-state index contributed by atoms with van der Waals surface area (Å²) in [5, 5.41) is 10.2. The molecule has 0 radical (unpaired) electrons. The van der Waals surface area contributed by atoms with E-state index in [-0.39, 0.29) is 37.8 Å². The van der Waals surface area contributed by atoms with E-state index in [4.69, 9.17) is 4.74 Å². The number of benzene rings is 1. The lowest BCUT2D eigenvalue weighted by Crippen LogP contribution is -2.34. The number of hydrogen-bond donors (Lipinski definition) is 1. The molecule has 0 bridgehead atoms. The minimum atomic E-state index is -0.567. The summed E-state index contributed by atoms with van der Waals surface area (Å²) in [5.74, 6) is -0.854. The molecule has 130 valence electrons. The molecule has 1 N–H and O–H groups in total. The summed E-state index contributed by atoms with van der Waals surface area (Å²) in [6.45, 7) is 2.25. The number of carbonyl (C=O) groups excluding carboxylic acids is 3. The number of hydrogen-bond acceptors (Lipinski definition) is 6. The van der Waals surface area contributed by atoms with Crippen molar-refractivity contribution < 1.29 is 19.1 Å². The molecule has 1 aromatic carbocycles. The van der Waals surface area contributed by atoms with Gasteiger partial charge in [0.05, 0.1) is 25.3 Å². The fourth-order valence-electron chi connectivity index (χ4n) is 2.43. The Morgan fingerprint density at radius 3 is 2.68 bits per heavy atom. The molecule has 9 nitrogen and oxygen atoms in total. The Bertz CT molecular complexity index is 786. The van der Waals surface area contributed by atoms with Crippen molar-refractivity contribution in [2.45, 2.75) is 20.1 Å². The summed E-state index contributed by atoms with van der Waals surface area (Å²) in [5.41, 5.74) is 1.51. The molecule has 1 aromatic heterocycles. The van der Waals surface area contributed by atoms with Crippen molar-refractivity contribution in [1.29, 1.82) is 0 Å². The lowest BCUT2D eigenvalue weighted by atomic mass is 10.2. The number of carbonyl (C=O) groups is 3. The van der Waals surface area contributed by atoms with Crippen LogP contribution in [0, 0.1) is 6.92 Å². The van der Waals surface area contributed by atoms with Crippen molar-refractivity contribution in [1.82, 2.24) is 25.2 Å². The summed E-state index contributed by atoms with van der Waals surface area (Å²) in [6.07, 6.45) is 0. The maximum atomic E-state index is 12.2. The molecule has 0 aliphatic carbocycles. The van der Waals surface area contributed by atoms with Crippen molar-refractivity contribution in [2.24, 2.45) is 0 Å². The molecule has 9 heteroatoms. The highest BCUT2D eigenvalue weighted by Crippen LogP contribution is 2.09. The topological polar surface area (TPSA) is 106 Å². The second-order valence-electron chi connectivity index (χ2n) is 5.51. The van der Waals surface area contributed by atoms with Crippen molar-refractivity contribution in [3.63, 3.8) is 0 Å². The highest BCUT2D eigenvalue weighted by atomic mass is 16.5. The molecule has 0 atom stereocenters. The SMILES string of the molecule is Cc1c(C(=O)OCc2ccccc2)nnn1CCN1C(=O)CNC1=O. The molecule has 1 aliphatic rings. The van der Waals surface area contributed by atoms with E-state index in [2.05, 4.69) is 15.6 Å². The zero-order valence-electron chi connectivity index (χ0n) is 13.6. The van der Waals surface area contributed by atoms with E-state index in [0.29, 0.717) is 5.69 Å². The molecule has 25 heavy (non-hydrogen) atoms. The van der Waals surface area contributed by atoms with Crippen LogP contribution >= 0.6 is 0 Å². The monoisotopic (exact) mass is 343 g/mol. The fourth-order valence-corrected chi connectivity index (χ4v) is 2.43. The van der Waals surface area contributed by atoms with Gasteiger partial charge in [-0.3, -0.25) is 9.69 Å². The lowest BCUT2D eigenvalue weighted by molar-refractivity contribution is -0.125. The largest absolute Gasteiger partial charge is 0.456 e. The van der Waals surface area contributed by atoms with E-state index in [1.54, 1.807) is 6.92 Å². The van der Waals surface area contributed by atoms with Gasteiger partial charge in [-0.25, -0.2) is 14.3 Å². The van der Waals surface area contributed by atoms with E-state index in [1.165, 1.54) is 4.68 Å². The van der Waals surface area contributed by atoms with Crippen LogP contribution in [0.3, 0.4) is 0 Å². The number of esters is 1. The van der Waals surface area contributed by atoms with Crippen LogP contribution in [0.1, 0.15) is 21.7 Å². The Labute approximate surface area is 143 Å². The van der Waals surface area contributed by atoms with Gasteiger partial charge in [0, 0.05) is 0 Å². The molecule has 0 spiro atoms. The molecular formula is C16H17N5O4. The highest BCUT2D eigenvalue weighted by Gasteiger charge is 2.28. The number of urea groups is 1. The van der Waals surface area contributed by atoms with E-state index in [1.807, 2.05) is 30.3 Å². The van der Waals surface area contributed by atoms with Crippen LogP contribution in [-0.4, -0.2) is 50.9 Å². The third-order valence-corrected chi connectivity index (χ3v) is 3.86. The van der Waals surface area contributed by atoms with Gasteiger partial charge in [-0.1, -0.05) is 35.5 Å². The van der Waals surface area contributed by atoms with Crippen LogP contribution in [0.25, 0.3) is 0 Å². The second-order valence-corrected chi connectivity index (χ2v) is 5.51. The zero-order chi connectivity index (χ0) is 17.8. The van der Waals surface area contributed by atoms with Gasteiger partial charge in [-0.2, -0.15) is 0 Å². The molecule has 0 saturated carbocycles. The average molecular weight is 343 g/mol. The number of imide groups is 1. The number of amides is 3. The van der Waals surface area contributed by atoms with E-state index in [0.717, 1.165) is 10.5 Å². The Balaban J connectivity index is 1.59. The van der Waals surface area contributed by atoms with Gasteiger partial charge in [0.1, 0.15) is 6.61 Å². The fraction of sp³-hybridized carbons (Fsp3) is 0.312. The molecule has 3 rings (SSSR count). The van der Waals surface area contributed by atoms with Crippen LogP contribution in [0.5, 0.6) is 0 Å². The maximum absolute atomic E-state index is 12.2. The molecule has 3 amide bonds. The van der Waals surface area contributed by atoms with Crippen LogP contribution in [0.15, 0.2) is 30.3 Å². The highest BCUT2D eigenvalue weighted by molar-refractivity contribution is 6.01. The Morgan fingerprint density at radius 2 is 2.00 bits per heavy atom. The minimum Gasteiger partial charge on any atom is -0.456 e. The van der Waals surface area contributed by atoms with Gasteiger partial charge in [-0.05, 0) is 12.5 Å². The molecule has 2 aromatic rings. The maximum Gasteiger partial charge on any atom is 0.361 e. The van der Waals surface area contributed by atoms with Gasteiger partial charge < -0.3 is 10.1 Å². The smallest absolute Gasteiger partial charge is 0.361 e. The first-order valence-electron chi connectivity index (χ1n) is 7.75. The molecular weight excluding hydrogens is 326 g/mol. The summed E-state index contributed by atoms with van der Waals surface area (Å²) in [7, 11) is 0. The van der Waals surface area contributed by atoms with Gasteiger partial charge in [0.2, 0.25) is 5.91 Å². The summed E-state index contributed by atoms with van der Waals surface area (Å²) >= 11 is 0. The van der Waals surface area contributed by atoms with E-state index < -0.39 is 12.0 Å². The number of nitrogens with one attached hydrogen (secondary N) is 1. The third-order valence-electron chi connectivity index (χ3n) is 3.86. The predicted octanol–water partition coefficient (Wildman–Crippen LogP) is 0.495. The van der Waals surface area contributed by atoms with Crippen molar-refractivity contribution in [3.05, 3.63) is 47.3 Å². The van der Waals surface area contributed by atoms with Gasteiger partial charge in [0.25, 0.3) is 0 Å². The standard InChI is InChI=1S/C16H17N5O4/c1-11-14(15(23)25-10-12-5-3-2-4-6-12)18-19-21(11)8-7-20-13(22)9-17-16(20)24/h2-6H,7-10H2,1H3,(H,17,24). The van der Waals surface area contributed by atoms with E-state index >= 15 is 0 Å². The normalized spacial score (nSPS) is 13.9. The third kappa shape index (κ3) is 3.65. The molecule has 1 fully saturated rings. The van der Waals surface area contributed by atoms with Gasteiger partial charge >= 0.3 is 12.0 Å². The summed E-state index contributed by atoms with van der Waals surface area (Å²) in [4.78, 5) is 36.3. The summed E-state index contributed by atoms with van der Waals surface area (Å²) < 4.78 is 6.71. The van der Waals surface area contributed by atoms with Crippen LogP contribution < -0.4 is 5.32 Å². The summed E-state index contributed by atoms with van der Waals surface area (Å²) in [6, 6.07) is 8.89. The van der Waals surface area contributed by atoms with Crippen LogP contribution in [0.4, 0.5) is 4.79 Å². The van der Waals surface area contributed by atoms with E-state index in [9.17, 15) is 14.4 Å². The second kappa shape index (κ2) is 7.12. The van der Waals surface area contributed by atoms with Gasteiger partial charge in [-0.15, -0.1) is 5.10 Å². The van der Waals surface area contributed by atoms with Crippen LogP contribution in [0.2, 0.25) is 0 Å². The van der Waals surface area contributed by atoms with Crippen molar-refractivity contribution in [3.8, 4) is 0 Å². The first kappa shape index (κ1) is 16.6. The minimum absolute atomic E-state index is 0.00619. The van der Waals surface area contributed by atoms with Gasteiger partial charge in [0.15, 0.2) is 5.69 Å². The number of nitrogens with zero attached hydrogens (tertiary/aromatic N) is 4. The molecule has 1 aliphatic heterocycles. The lowest BCUT2D eigenvalue weighted by Gasteiger charge is -2.12. The number of ether oxygens (including phenoxy) is 1. The molecule has 2 heterocycles. The molecule has 1 saturated heterocycles. The quantitative estimate of drug-likeness (QED) is 0.604. The van der Waals surface area contributed by atoms with Crippen LogP contribution in [-0.2, 0) is 22.7 Å². The predicted molar refractivity (Wildman–Crippen MR) is 85.4 cm³/mol. The Morgan fingerprint density at radius 1 is 1.24 bits per heavy atom. The first-order valence-corrected chi connectivity index (χ1v) is 7.75.